The minimum atomic E-state index is -5.32. The van der Waals surface area contributed by atoms with Crippen LogP contribution in [0.1, 0.15) is 31.0 Å². The summed E-state index contributed by atoms with van der Waals surface area (Å²) in [5.74, 6) is 0. The summed E-state index contributed by atoms with van der Waals surface area (Å²) in [6.07, 6.45) is 4.78. The molecule has 0 N–H and O–H groups in total. The van der Waals surface area contributed by atoms with Gasteiger partial charge >= 0.3 is 15.5 Å². The van der Waals surface area contributed by atoms with E-state index < -0.39 is 21.6 Å². The third-order valence-electron chi connectivity index (χ3n) is 4.40. The highest BCUT2D eigenvalue weighted by atomic mass is 32.2. The van der Waals surface area contributed by atoms with Gasteiger partial charge in [0.2, 0.25) is 0 Å². The van der Waals surface area contributed by atoms with Crippen LogP contribution >= 0.6 is 0 Å². The van der Waals surface area contributed by atoms with Gasteiger partial charge in [0.1, 0.15) is 0 Å². The Labute approximate surface area is 132 Å². The molecule has 1 aromatic rings. The topological polar surface area (TPSA) is 58.4 Å². The maximum atomic E-state index is 12.8. The molecule has 23 heavy (non-hydrogen) atoms. The van der Waals surface area contributed by atoms with Gasteiger partial charge in [0.25, 0.3) is 0 Å². The molecule has 0 bridgehead atoms. The van der Waals surface area contributed by atoms with E-state index in [1.54, 1.807) is 10.7 Å². The zero-order valence-electron chi connectivity index (χ0n) is 12.5. The Bertz CT molecular complexity index is 652. The molecule has 0 unspecified atom stereocenters. The average molecular weight is 352 g/mol. The number of aromatic nitrogens is 2. The number of likely N-dealkylation sites (tertiary alicyclic amines) is 1. The van der Waals surface area contributed by atoms with Gasteiger partial charge < -0.3 is 4.90 Å². The highest BCUT2D eigenvalue weighted by Crippen LogP contribution is 2.32. The lowest BCUT2D eigenvalue weighted by Gasteiger charge is -2.37. The SMILES string of the molecule is O=S(=O)(N1Cc2ccnn2[C@H](CN2CCCCC2)C1)C(F)(F)F. The minimum Gasteiger partial charge on any atom is -0.301 e. The van der Waals surface area contributed by atoms with Crippen LogP contribution < -0.4 is 0 Å². The Balaban J connectivity index is 1.83. The summed E-state index contributed by atoms with van der Waals surface area (Å²) >= 11 is 0. The predicted molar refractivity (Wildman–Crippen MR) is 76.9 cm³/mol. The molecule has 3 heterocycles. The van der Waals surface area contributed by atoms with Crippen molar-refractivity contribution >= 4 is 10.0 Å². The van der Waals surface area contributed by atoms with E-state index in [-0.39, 0.29) is 13.1 Å². The molecule has 0 saturated carbocycles. The van der Waals surface area contributed by atoms with E-state index in [2.05, 4.69) is 10.00 Å². The Morgan fingerprint density at radius 2 is 1.91 bits per heavy atom. The van der Waals surface area contributed by atoms with E-state index in [4.69, 9.17) is 0 Å². The van der Waals surface area contributed by atoms with Gasteiger partial charge in [0, 0.05) is 19.3 Å². The van der Waals surface area contributed by atoms with Gasteiger partial charge in [-0.1, -0.05) is 6.42 Å². The molecule has 3 rings (SSSR count). The number of halogens is 3. The van der Waals surface area contributed by atoms with E-state index in [1.807, 2.05) is 0 Å². The first-order valence-corrected chi connectivity index (χ1v) is 9.04. The molecule has 1 fully saturated rings. The molecule has 0 amide bonds. The molecule has 130 valence electrons. The van der Waals surface area contributed by atoms with Gasteiger partial charge in [-0.3, -0.25) is 4.68 Å². The summed E-state index contributed by atoms with van der Waals surface area (Å²) in [4.78, 5) is 2.17. The van der Waals surface area contributed by atoms with Gasteiger partial charge in [-0.15, -0.1) is 0 Å². The molecule has 1 aromatic heterocycles. The van der Waals surface area contributed by atoms with Crippen LogP contribution in [0.15, 0.2) is 12.3 Å². The van der Waals surface area contributed by atoms with Crippen molar-refractivity contribution in [2.45, 2.75) is 37.4 Å². The third kappa shape index (κ3) is 3.24. The van der Waals surface area contributed by atoms with Crippen LogP contribution in [0.3, 0.4) is 0 Å². The average Bonchev–Trinajstić information content (AvgIpc) is 2.96. The number of alkyl halides is 3. The second-order valence-corrected chi connectivity index (χ2v) is 7.95. The summed E-state index contributed by atoms with van der Waals surface area (Å²) in [6.45, 7) is 1.79. The number of hydrogen-bond acceptors (Lipinski definition) is 4. The normalized spacial score (nSPS) is 24.6. The van der Waals surface area contributed by atoms with Gasteiger partial charge in [-0.25, -0.2) is 8.42 Å². The largest absolute Gasteiger partial charge is 0.511 e. The zero-order chi connectivity index (χ0) is 16.7. The summed E-state index contributed by atoms with van der Waals surface area (Å²) in [6, 6.07) is 1.17. The van der Waals surface area contributed by atoms with Crippen molar-refractivity contribution in [3.8, 4) is 0 Å². The second kappa shape index (κ2) is 6.06. The highest BCUT2D eigenvalue weighted by Gasteiger charge is 2.51. The molecule has 0 spiro atoms. The molecule has 2 aliphatic heterocycles. The highest BCUT2D eigenvalue weighted by molar-refractivity contribution is 7.89. The molecule has 10 heteroatoms. The van der Waals surface area contributed by atoms with E-state index in [0.717, 1.165) is 32.4 Å². The van der Waals surface area contributed by atoms with Crippen molar-refractivity contribution in [2.24, 2.45) is 0 Å². The summed E-state index contributed by atoms with van der Waals surface area (Å²) in [5, 5.41) is 4.17. The van der Waals surface area contributed by atoms with Crippen LogP contribution in [0.5, 0.6) is 0 Å². The predicted octanol–water partition coefficient (Wildman–Crippen LogP) is 1.58. The van der Waals surface area contributed by atoms with Crippen molar-refractivity contribution in [1.29, 1.82) is 0 Å². The lowest BCUT2D eigenvalue weighted by atomic mass is 10.1. The van der Waals surface area contributed by atoms with Crippen LogP contribution in [0.25, 0.3) is 0 Å². The molecule has 2 aliphatic rings. The number of nitrogens with zero attached hydrogens (tertiary/aromatic N) is 4. The maximum absolute atomic E-state index is 12.8. The first-order chi connectivity index (χ1) is 10.8. The van der Waals surface area contributed by atoms with Crippen molar-refractivity contribution in [3.05, 3.63) is 18.0 Å². The number of piperidine rings is 1. The number of fused-ring (bicyclic) bond motifs is 1. The first-order valence-electron chi connectivity index (χ1n) is 7.60. The van der Waals surface area contributed by atoms with Gasteiger partial charge in [-0.05, 0) is 32.0 Å². The Kier molecular flexibility index (Phi) is 4.41. The molecule has 6 nitrogen and oxygen atoms in total. The van der Waals surface area contributed by atoms with Crippen LogP contribution in [-0.2, 0) is 16.6 Å². The molecule has 0 aliphatic carbocycles. The van der Waals surface area contributed by atoms with Crippen LogP contribution in [-0.4, -0.2) is 59.1 Å². The molecule has 1 atom stereocenters. The fourth-order valence-electron chi connectivity index (χ4n) is 3.26. The van der Waals surface area contributed by atoms with E-state index >= 15 is 0 Å². The standard InChI is InChI=1S/C13H19F3N4O2S/c14-13(15,16)23(21,22)19-9-11-4-5-17-20(11)12(10-19)8-18-6-2-1-3-7-18/h4-5,12H,1-3,6-10H2/t12-/m1/s1. The van der Waals surface area contributed by atoms with E-state index in [0.29, 0.717) is 16.5 Å². The van der Waals surface area contributed by atoms with Crippen molar-refractivity contribution in [2.75, 3.05) is 26.2 Å². The Morgan fingerprint density at radius 1 is 1.22 bits per heavy atom. The van der Waals surface area contributed by atoms with Gasteiger partial charge in [0.05, 0.1) is 18.3 Å². The summed E-state index contributed by atoms with van der Waals surface area (Å²) in [5.41, 5.74) is -4.78. The fourth-order valence-corrected chi connectivity index (χ4v) is 4.22. The van der Waals surface area contributed by atoms with E-state index in [1.165, 1.54) is 6.20 Å². The second-order valence-electron chi connectivity index (χ2n) is 6.03. The quantitative estimate of drug-likeness (QED) is 0.829. The minimum absolute atomic E-state index is 0.201. The molecule has 0 radical (unpaired) electrons. The number of hydrogen-bond donors (Lipinski definition) is 0. The number of rotatable bonds is 3. The summed E-state index contributed by atoms with van der Waals surface area (Å²) < 4.78 is 64.2. The zero-order valence-corrected chi connectivity index (χ0v) is 13.4. The van der Waals surface area contributed by atoms with Gasteiger partial charge in [0.15, 0.2) is 0 Å². The van der Waals surface area contributed by atoms with Crippen LogP contribution in [0, 0.1) is 0 Å². The monoisotopic (exact) mass is 352 g/mol. The van der Waals surface area contributed by atoms with Crippen molar-refractivity contribution < 1.29 is 21.6 Å². The summed E-state index contributed by atoms with van der Waals surface area (Å²) in [7, 11) is -5.32. The van der Waals surface area contributed by atoms with Crippen molar-refractivity contribution in [1.82, 2.24) is 19.0 Å². The van der Waals surface area contributed by atoms with E-state index in [9.17, 15) is 21.6 Å². The van der Waals surface area contributed by atoms with Crippen LogP contribution in [0.4, 0.5) is 13.2 Å². The third-order valence-corrected chi connectivity index (χ3v) is 5.94. The first kappa shape index (κ1) is 16.7. The maximum Gasteiger partial charge on any atom is 0.511 e. The fraction of sp³-hybridized carbons (Fsp3) is 0.769. The van der Waals surface area contributed by atoms with Gasteiger partial charge in [-0.2, -0.15) is 22.6 Å². The molecular formula is C13H19F3N4O2S. The Morgan fingerprint density at radius 3 is 2.57 bits per heavy atom. The number of sulfonamides is 1. The molecule has 1 saturated heterocycles. The molecular weight excluding hydrogens is 333 g/mol. The van der Waals surface area contributed by atoms with Crippen molar-refractivity contribution in [3.63, 3.8) is 0 Å². The smallest absolute Gasteiger partial charge is 0.301 e. The molecule has 0 aromatic carbocycles. The lowest BCUT2D eigenvalue weighted by molar-refractivity contribution is -0.0501. The Hall–Kier alpha value is -1.13. The lowest BCUT2D eigenvalue weighted by Crippen LogP contribution is -2.49. The van der Waals surface area contributed by atoms with Crippen LogP contribution in [0.2, 0.25) is 0 Å².